The van der Waals surface area contributed by atoms with Gasteiger partial charge in [0.1, 0.15) is 8.07 Å². The van der Waals surface area contributed by atoms with Gasteiger partial charge in [-0.05, 0) is 6.04 Å². The fourth-order valence-corrected chi connectivity index (χ4v) is 8.62. The number of aliphatic hydroxyl groups is 1. The van der Waals surface area contributed by atoms with Crippen molar-refractivity contribution in [3.05, 3.63) is 85.5 Å². The van der Waals surface area contributed by atoms with Crippen molar-refractivity contribution in [1.82, 2.24) is 0 Å². The van der Waals surface area contributed by atoms with E-state index in [2.05, 4.69) is 79.4 Å². The molecule has 1 N–H and O–H groups in total. The average Bonchev–Trinajstić information content (AvgIpc) is 3.02. The molecule has 0 spiro atoms. The number of aliphatic hydroxyl groups excluding tert-OH is 1. The predicted molar refractivity (Wildman–Crippen MR) is 91.8 cm³/mol. The quantitative estimate of drug-likeness (QED) is 0.678. The largest absolute Gasteiger partial charge is 0.389 e. The minimum absolute atomic E-state index is 0.153. The predicted octanol–water partition coefficient (Wildman–Crippen LogP) is 2.74. The molecule has 1 nitrogen and oxygen atoms in total. The van der Waals surface area contributed by atoms with Crippen molar-refractivity contribution in [2.24, 2.45) is 0 Å². The van der Waals surface area contributed by atoms with E-state index in [0.29, 0.717) is 0 Å². The van der Waals surface area contributed by atoms with Crippen molar-refractivity contribution >= 4 is 18.4 Å². The molecule has 0 aliphatic carbocycles. The molecule has 2 aromatic carbocycles. The number of hydrogen-bond acceptors (Lipinski definition) is 1. The van der Waals surface area contributed by atoms with Gasteiger partial charge in [-0.2, -0.15) is 0 Å². The number of benzene rings is 2. The lowest BCUT2D eigenvalue weighted by atomic mass is 10.2. The molecule has 21 heavy (non-hydrogen) atoms. The van der Waals surface area contributed by atoms with Gasteiger partial charge < -0.3 is 5.11 Å². The van der Waals surface area contributed by atoms with Crippen LogP contribution in [0, 0.1) is 0 Å². The lowest BCUT2D eigenvalue weighted by Gasteiger charge is -2.36. The van der Waals surface area contributed by atoms with E-state index in [4.69, 9.17) is 0 Å². The van der Waals surface area contributed by atoms with Crippen molar-refractivity contribution in [1.29, 1.82) is 0 Å². The second-order valence-corrected chi connectivity index (χ2v) is 9.76. The van der Waals surface area contributed by atoms with Crippen LogP contribution in [-0.4, -0.2) is 19.3 Å². The summed E-state index contributed by atoms with van der Waals surface area (Å²) < 4.78 is 0. The Kier molecular flexibility index (Phi) is 3.91. The molecule has 2 atom stereocenters. The lowest BCUT2D eigenvalue weighted by Crippen LogP contribution is -2.61. The maximum atomic E-state index is 10.5. The normalized spacial score (nSPS) is 21.1. The SMILES string of the molecule is C=C[C@@H](O)[C@@H]1C=CC[Si]1(c1ccccc1)c1ccccc1. The van der Waals surface area contributed by atoms with E-state index in [-0.39, 0.29) is 5.54 Å². The molecule has 1 aliphatic heterocycles. The van der Waals surface area contributed by atoms with Crippen LogP contribution in [0.25, 0.3) is 0 Å². The molecule has 0 saturated heterocycles. The van der Waals surface area contributed by atoms with Crippen molar-refractivity contribution in [2.75, 3.05) is 0 Å². The molecule has 1 heterocycles. The van der Waals surface area contributed by atoms with Crippen molar-refractivity contribution in [2.45, 2.75) is 17.7 Å². The summed E-state index contributed by atoms with van der Waals surface area (Å²) in [5.74, 6) is 0. The molecule has 0 unspecified atom stereocenters. The Labute approximate surface area is 127 Å². The van der Waals surface area contributed by atoms with Crippen molar-refractivity contribution in [3.63, 3.8) is 0 Å². The smallest absolute Gasteiger partial charge is 0.131 e. The number of allylic oxidation sites excluding steroid dienone is 1. The van der Waals surface area contributed by atoms with E-state index in [0.717, 1.165) is 6.04 Å². The third kappa shape index (κ3) is 2.31. The fraction of sp³-hybridized carbons (Fsp3) is 0.158. The molecule has 1 aliphatic rings. The van der Waals surface area contributed by atoms with Crippen LogP contribution in [0.5, 0.6) is 0 Å². The van der Waals surface area contributed by atoms with Crippen LogP contribution in [0.15, 0.2) is 85.5 Å². The fourth-order valence-electron chi connectivity index (χ4n) is 3.51. The van der Waals surface area contributed by atoms with Crippen molar-refractivity contribution in [3.8, 4) is 0 Å². The first-order valence-electron chi connectivity index (χ1n) is 7.37. The zero-order valence-corrected chi connectivity index (χ0v) is 13.0. The number of hydrogen-bond donors (Lipinski definition) is 1. The minimum atomic E-state index is -2.03. The van der Waals surface area contributed by atoms with Crippen molar-refractivity contribution < 1.29 is 5.11 Å². The molecule has 0 amide bonds. The molecule has 2 heteroatoms. The summed E-state index contributed by atoms with van der Waals surface area (Å²) in [6, 6.07) is 22.4. The Morgan fingerprint density at radius 1 is 1.00 bits per heavy atom. The van der Waals surface area contributed by atoms with Gasteiger partial charge in [-0.1, -0.05) is 89.3 Å². The van der Waals surface area contributed by atoms with Gasteiger partial charge in [0.2, 0.25) is 0 Å². The van der Waals surface area contributed by atoms with Crippen LogP contribution in [-0.2, 0) is 0 Å². The molecule has 0 aromatic heterocycles. The van der Waals surface area contributed by atoms with Gasteiger partial charge in [0.25, 0.3) is 0 Å². The van der Waals surface area contributed by atoms with Gasteiger partial charge >= 0.3 is 0 Å². The summed E-state index contributed by atoms with van der Waals surface area (Å²) in [5, 5.41) is 13.2. The third-order valence-electron chi connectivity index (χ3n) is 4.54. The molecular formula is C19H20OSi. The van der Waals surface area contributed by atoms with Crippen LogP contribution >= 0.6 is 0 Å². The zero-order valence-electron chi connectivity index (χ0n) is 12.0. The topological polar surface area (TPSA) is 20.2 Å². The van der Waals surface area contributed by atoms with Gasteiger partial charge in [0.05, 0.1) is 6.10 Å². The molecular weight excluding hydrogens is 272 g/mol. The molecule has 2 aromatic rings. The molecule has 0 saturated carbocycles. The first-order valence-corrected chi connectivity index (χ1v) is 9.66. The van der Waals surface area contributed by atoms with E-state index >= 15 is 0 Å². The first kappa shape index (κ1) is 14.1. The maximum Gasteiger partial charge on any atom is 0.131 e. The van der Waals surface area contributed by atoms with E-state index in [1.165, 1.54) is 10.4 Å². The summed E-state index contributed by atoms with van der Waals surface area (Å²) in [5.41, 5.74) is 0.153. The maximum absolute atomic E-state index is 10.5. The molecule has 106 valence electrons. The summed E-state index contributed by atoms with van der Waals surface area (Å²) in [6.45, 7) is 3.80. The molecule has 0 fully saturated rings. The van der Waals surface area contributed by atoms with Gasteiger partial charge in [0.15, 0.2) is 0 Å². The van der Waals surface area contributed by atoms with Gasteiger partial charge in [0, 0.05) is 5.54 Å². The average molecular weight is 292 g/mol. The highest BCUT2D eigenvalue weighted by atomic mass is 28.3. The lowest BCUT2D eigenvalue weighted by molar-refractivity contribution is 0.226. The Morgan fingerprint density at radius 2 is 1.52 bits per heavy atom. The Bertz CT molecular complexity index is 594. The van der Waals surface area contributed by atoms with Crippen LogP contribution in [0.2, 0.25) is 11.6 Å². The second-order valence-electron chi connectivity index (χ2n) is 5.59. The Balaban J connectivity index is 2.19. The highest BCUT2D eigenvalue weighted by Crippen LogP contribution is 2.36. The van der Waals surface area contributed by atoms with E-state index in [1.54, 1.807) is 6.08 Å². The molecule has 0 radical (unpaired) electrons. The third-order valence-corrected chi connectivity index (χ3v) is 9.82. The first-order chi connectivity index (χ1) is 10.3. The zero-order chi connectivity index (χ0) is 14.7. The molecule has 3 rings (SSSR count). The summed E-state index contributed by atoms with van der Waals surface area (Å²) in [7, 11) is -2.03. The van der Waals surface area contributed by atoms with Gasteiger partial charge in [-0.25, -0.2) is 0 Å². The number of rotatable bonds is 4. The molecule has 0 bridgehead atoms. The van der Waals surface area contributed by atoms with E-state index < -0.39 is 14.2 Å². The van der Waals surface area contributed by atoms with Crippen LogP contribution in [0.1, 0.15) is 0 Å². The summed E-state index contributed by atoms with van der Waals surface area (Å²) in [4.78, 5) is 0. The van der Waals surface area contributed by atoms with Gasteiger partial charge in [-0.3, -0.25) is 0 Å². The van der Waals surface area contributed by atoms with Crippen LogP contribution in [0.4, 0.5) is 0 Å². The van der Waals surface area contributed by atoms with E-state index in [9.17, 15) is 5.11 Å². The van der Waals surface area contributed by atoms with E-state index in [1.807, 2.05) is 0 Å². The van der Waals surface area contributed by atoms with Crippen LogP contribution in [0.3, 0.4) is 0 Å². The standard InChI is InChI=1S/C19H20OSi/c1-2-18(20)19-14-9-15-21(19,16-10-5-3-6-11-16)17-12-7-4-8-13-17/h2-14,18-20H,1,15H2/t18-,19+/m1/s1. The Hall–Kier alpha value is -1.90. The summed E-state index contributed by atoms with van der Waals surface area (Å²) >= 11 is 0. The highest BCUT2D eigenvalue weighted by molar-refractivity contribution is 7.04. The van der Waals surface area contributed by atoms with Gasteiger partial charge in [-0.15, -0.1) is 6.58 Å². The van der Waals surface area contributed by atoms with Crippen LogP contribution < -0.4 is 10.4 Å². The second kappa shape index (κ2) is 5.84. The summed E-state index contributed by atoms with van der Waals surface area (Å²) in [6.07, 6.45) is 5.62. The monoisotopic (exact) mass is 292 g/mol. The highest BCUT2D eigenvalue weighted by Gasteiger charge is 2.47. The minimum Gasteiger partial charge on any atom is -0.389 e. The Morgan fingerprint density at radius 3 is 2.00 bits per heavy atom.